The number of hydrogen-bond acceptors (Lipinski definition) is 4. The minimum atomic E-state index is -4.56. The standard InChI is InChI=1S/C10H12F3N5O2S/c1-17(2)21(19,20)14-6-8-15-16-9-7(10(11,12)13)4-3-5-18(8)9/h3-5,14H,6H2,1-2H3. The summed E-state index contributed by atoms with van der Waals surface area (Å²) in [6.07, 6.45) is -3.22. The fourth-order valence-electron chi connectivity index (χ4n) is 1.59. The lowest BCUT2D eigenvalue weighted by molar-refractivity contribution is -0.136. The maximum absolute atomic E-state index is 12.8. The Morgan fingerprint density at radius 1 is 1.33 bits per heavy atom. The second kappa shape index (κ2) is 5.24. The molecule has 2 aromatic rings. The van der Waals surface area contributed by atoms with Crippen molar-refractivity contribution in [1.29, 1.82) is 0 Å². The summed E-state index contributed by atoms with van der Waals surface area (Å²) in [5.74, 6) is 0.0570. The van der Waals surface area contributed by atoms with Gasteiger partial charge in [0.05, 0.1) is 6.54 Å². The van der Waals surface area contributed by atoms with Gasteiger partial charge in [0.1, 0.15) is 5.56 Å². The Bertz CT molecular complexity index is 754. The summed E-state index contributed by atoms with van der Waals surface area (Å²) in [6, 6.07) is 2.08. The fraction of sp³-hybridized carbons (Fsp3) is 0.400. The van der Waals surface area contributed by atoms with Gasteiger partial charge in [0.15, 0.2) is 11.5 Å². The summed E-state index contributed by atoms with van der Waals surface area (Å²) < 4.78 is 65.8. The molecule has 0 amide bonds. The van der Waals surface area contributed by atoms with Crippen LogP contribution in [0.3, 0.4) is 0 Å². The van der Waals surface area contributed by atoms with Crippen molar-refractivity contribution in [2.24, 2.45) is 0 Å². The van der Waals surface area contributed by atoms with E-state index in [1.165, 1.54) is 26.4 Å². The lowest BCUT2D eigenvalue weighted by atomic mass is 10.2. The molecule has 2 rings (SSSR count). The number of alkyl halides is 3. The molecule has 0 radical (unpaired) electrons. The van der Waals surface area contributed by atoms with E-state index in [1.807, 2.05) is 0 Å². The van der Waals surface area contributed by atoms with E-state index in [2.05, 4.69) is 14.9 Å². The van der Waals surface area contributed by atoms with Gasteiger partial charge < -0.3 is 0 Å². The molecule has 2 heterocycles. The topological polar surface area (TPSA) is 79.6 Å². The molecule has 0 atom stereocenters. The molecule has 0 fully saturated rings. The lowest BCUT2D eigenvalue weighted by Crippen LogP contribution is -2.35. The van der Waals surface area contributed by atoms with Crippen LogP contribution in [0.2, 0.25) is 0 Å². The number of fused-ring (bicyclic) bond motifs is 1. The van der Waals surface area contributed by atoms with E-state index in [9.17, 15) is 21.6 Å². The summed E-state index contributed by atoms with van der Waals surface area (Å²) in [6.45, 7) is -0.275. The van der Waals surface area contributed by atoms with Gasteiger partial charge in [0.2, 0.25) is 0 Å². The van der Waals surface area contributed by atoms with Gasteiger partial charge in [-0.15, -0.1) is 10.2 Å². The number of hydrogen-bond donors (Lipinski definition) is 1. The minimum Gasteiger partial charge on any atom is -0.285 e. The molecule has 0 aliphatic carbocycles. The number of pyridine rings is 1. The predicted molar refractivity (Wildman–Crippen MR) is 67.4 cm³/mol. The minimum absolute atomic E-state index is 0.0570. The largest absolute Gasteiger partial charge is 0.420 e. The Balaban J connectivity index is 2.36. The predicted octanol–water partition coefficient (Wildman–Crippen LogP) is 0.644. The molecule has 11 heteroatoms. The Hall–Kier alpha value is -1.72. The molecule has 2 aromatic heterocycles. The molecule has 0 unspecified atom stereocenters. The Kier molecular flexibility index (Phi) is 3.91. The molecule has 0 saturated carbocycles. The molecule has 0 saturated heterocycles. The average Bonchev–Trinajstić information content (AvgIpc) is 2.78. The maximum Gasteiger partial charge on any atom is 0.420 e. The first-order chi connectivity index (χ1) is 9.63. The van der Waals surface area contributed by atoms with Gasteiger partial charge in [-0.3, -0.25) is 4.40 Å². The van der Waals surface area contributed by atoms with Crippen molar-refractivity contribution >= 4 is 15.9 Å². The second-order valence-corrected chi connectivity index (χ2v) is 6.31. The van der Waals surface area contributed by atoms with Crippen LogP contribution in [0.25, 0.3) is 5.65 Å². The normalized spacial score (nSPS) is 13.2. The zero-order valence-corrected chi connectivity index (χ0v) is 11.9. The number of nitrogens with zero attached hydrogens (tertiary/aromatic N) is 4. The molecule has 1 N–H and O–H groups in total. The SMILES string of the molecule is CN(C)S(=O)(=O)NCc1nnc2c(C(F)(F)F)cccn12. The number of halogens is 3. The second-order valence-electron chi connectivity index (χ2n) is 4.34. The van der Waals surface area contributed by atoms with Crippen LogP contribution in [0.1, 0.15) is 11.4 Å². The van der Waals surface area contributed by atoms with Crippen molar-refractivity contribution in [3.63, 3.8) is 0 Å². The van der Waals surface area contributed by atoms with Crippen LogP contribution in [0.5, 0.6) is 0 Å². The Morgan fingerprint density at radius 2 is 2.00 bits per heavy atom. The van der Waals surface area contributed by atoms with Gasteiger partial charge in [-0.1, -0.05) is 0 Å². The molecule has 0 aliphatic rings. The smallest absolute Gasteiger partial charge is 0.285 e. The summed E-state index contributed by atoms with van der Waals surface area (Å²) in [5.41, 5.74) is -1.30. The molecular weight excluding hydrogens is 311 g/mol. The molecular formula is C10H12F3N5O2S. The van der Waals surface area contributed by atoms with Crippen LogP contribution in [0.4, 0.5) is 13.2 Å². The third-order valence-electron chi connectivity index (χ3n) is 2.70. The van der Waals surface area contributed by atoms with E-state index in [-0.39, 0.29) is 18.0 Å². The first kappa shape index (κ1) is 15.7. The third kappa shape index (κ3) is 3.14. The van der Waals surface area contributed by atoms with E-state index in [4.69, 9.17) is 0 Å². The number of rotatable bonds is 4. The molecule has 116 valence electrons. The van der Waals surface area contributed by atoms with Crippen LogP contribution < -0.4 is 4.72 Å². The summed E-state index contributed by atoms with van der Waals surface area (Å²) in [4.78, 5) is 0. The number of nitrogens with one attached hydrogen (secondary N) is 1. The van der Waals surface area contributed by atoms with Crippen LogP contribution >= 0.6 is 0 Å². The molecule has 0 aliphatic heterocycles. The number of aromatic nitrogens is 3. The van der Waals surface area contributed by atoms with Crippen molar-refractivity contribution in [3.05, 3.63) is 29.7 Å². The van der Waals surface area contributed by atoms with Gasteiger partial charge in [-0.05, 0) is 12.1 Å². The monoisotopic (exact) mass is 323 g/mol. The first-order valence-corrected chi connectivity index (χ1v) is 7.14. The van der Waals surface area contributed by atoms with Gasteiger partial charge in [0.25, 0.3) is 10.2 Å². The van der Waals surface area contributed by atoms with Gasteiger partial charge in [-0.2, -0.15) is 30.6 Å². The van der Waals surface area contributed by atoms with Crippen molar-refractivity contribution < 1.29 is 21.6 Å². The van der Waals surface area contributed by atoms with Crippen molar-refractivity contribution in [2.45, 2.75) is 12.7 Å². The van der Waals surface area contributed by atoms with Crippen LogP contribution in [-0.4, -0.2) is 41.4 Å². The third-order valence-corrected chi connectivity index (χ3v) is 4.17. The van der Waals surface area contributed by atoms with Gasteiger partial charge in [-0.25, -0.2) is 0 Å². The van der Waals surface area contributed by atoms with Gasteiger partial charge in [0, 0.05) is 20.3 Å². The van der Waals surface area contributed by atoms with Gasteiger partial charge >= 0.3 is 6.18 Å². The van der Waals surface area contributed by atoms with Crippen molar-refractivity contribution in [1.82, 2.24) is 23.6 Å². The van der Waals surface area contributed by atoms with E-state index in [0.29, 0.717) is 0 Å². The Morgan fingerprint density at radius 3 is 2.57 bits per heavy atom. The van der Waals surface area contributed by atoms with Crippen molar-refractivity contribution in [3.8, 4) is 0 Å². The highest BCUT2D eigenvalue weighted by atomic mass is 32.2. The lowest BCUT2D eigenvalue weighted by Gasteiger charge is -2.11. The average molecular weight is 323 g/mol. The molecule has 0 aromatic carbocycles. The molecule has 7 nitrogen and oxygen atoms in total. The summed E-state index contributed by atoms with van der Waals surface area (Å²) >= 11 is 0. The van der Waals surface area contributed by atoms with Crippen molar-refractivity contribution in [2.75, 3.05) is 14.1 Å². The zero-order chi connectivity index (χ0) is 15.8. The van der Waals surface area contributed by atoms with E-state index >= 15 is 0 Å². The molecule has 0 bridgehead atoms. The highest BCUT2D eigenvalue weighted by molar-refractivity contribution is 7.87. The Labute approximate surface area is 118 Å². The summed E-state index contributed by atoms with van der Waals surface area (Å²) in [5, 5.41) is 7.07. The molecule has 0 spiro atoms. The molecule has 21 heavy (non-hydrogen) atoms. The van der Waals surface area contributed by atoms with Crippen LogP contribution in [-0.2, 0) is 22.9 Å². The first-order valence-electron chi connectivity index (χ1n) is 5.70. The fourth-order valence-corrected chi connectivity index (χ4v) is 2.16. The van der Waals surface area contributed by atoms with E-state index in [1.54, 1.807) is 0 Å². The van der Waals surface area contributed by atoms with E-state index < -0.39 is 21.9 Å². The maximum atomic E-state index is 12.8. The highest BCUT2D eigenvalue weighted by Gasteiger charge is 2.34. The highest BCUT2D eigenvalue weighted by Crippen LogP contribution is 2.31. The van der Waals surface area contributed by atoms with Crippen LogP contribution in [0, 0.1) is 0 Å². The zero-order valence-electron chi connectivity index (χ0n) is 11.1. The van der Waals surface area contributed by atoms with Crippen LogP contribution in [0.15, 0.2) is 18.3 Å². The summed E-state index contributed by atoms with van der Waals surface area (Å²) in [7, 11) is -1.05. The quantitative estimate of drug-likeness (QED) is 0.896. The van der Waals surface area contributed by atoms with E-state index in [0.717, 1.165) is 14.8 Å².